The second kappa shape index (κ2) is 9.78. The predicted molar refractivity (Wildman–Crippen MR) is 126 cm³/mol. The van der Waals surface area contributed by atoms with Gasteiger partial charge in [-0.3, -0.25) is 0 Å². The van der Waals surface area contributed by atoms with Crippen molar-refractivity contribution in [1.82, 2.24) is 4.98 Å². The van der Waals surface area contributed by atoms with E-state index in [9.17, 15) is 0 Å². The van der Waals surface area contributed by atoms with Crippen LogP contribution in [0.25, 0.3) is 22.6 Å². The van der Waals surface area contributed by atoms with E-state index in [4.69, 9.17) is 23.4 Å². The number of ether oxygens (including phenoxy) is 4. The highest BCUT2D eigenvalue weighted by Gasteiger charge is 2.19. The van der Waals surface area contributed by atoms with E-state index in [1.807, 2.05) is 60.7 Å². The van der Waals surface area contributed by atoms with E-state index in [0.29, 0.717) is 41.1 Å². The summed E-state index contributed by atoms with van der Waals surface area (Å²) in [5.74, 6) is 3.11. The molecule has 0 N–H and O–H groups in total. The maximum atomic E-state index is 6.04. The molecule has 0 aliphatic heterocycles. The number of nitrogens with zero attached hydrogens (tertiary/aromatic N) is 1. The van der Waals surface area contributed by atoms with E-state index in [2.05, 4.69) is 20.9 Å². The van der Waals surface area contributed by atoms with Gasteiger partial charge in [-0.05, 0) is 45.8 Å². The zero-order valence-corrected chi connectivity index (χ0v) is 19.5. The molecular weight excluding hydrogens is 474 g/mol. The lowest BCUT2D eigenvalue weighted by atomic mass is 10.0. The first kappa shape index (κ1) is 21.8. The molecule has 0 bridgehead atoms. The molecule has 6 nitrogen and oxygen atoms in total. The molecule has 1 heterocycles. The average Bonchev–Trinajstić information content (AvgIpc) is 3.33. The summed E-state index contributed by atoms with van der Waals surface area (Å²) in [6.07, 6.45) is 1.41. The zero-order valence-electron chi connectivity index (χ0n) is 17.9. The molecule has 0 aliphatic rings. The molecule has 0 atom stereocenters. The van der Waals surface area contributed by atoms with E-state index >= 15 is 0 Å². The van der Waals surface area contributed by atoms with Crippen LogP contribution in [0.4, 0.5) is 0 Å². The predicted octanol–water partition coefficient (Wildman–Crippen LogP) is 6.38. The van der Waals surface area contributed by atoms with Crippen molar-refractivity contribution in [2.75, 3.05) is 21.3 Å². The van der Waals surface area contributed by atoms with E-state index in [1.165, 1.54) is 6.39 Å². The standard InChI is InChI=1S/C25H22BrNO5/c1-28-19-9-17(10-20(13-19)29-2)23-24(32-15-27-23)18-11-21(26)25(22(12-18)30-3)31-14-16-7-5-4-6-8-16/h4-13,15H,14H2,1-3H3. The average molecular weight is 496 g/mol. The highest BCUT2D eigenvalue weighted by atomic mass is 79.9. The second-order valence-corrected chi connectivity index (χ2v) is 7.75. The smallest absolute Gasteiger partial charge is 0.182 e. The summed E-state index contributed by atoms with van der Waals surface area (Å²) in [5.41, 5.74) is 3.32. The second-order valence-electron chi connectivity index (χ2n) is 6.90. The Morgan fingerprint density at radius 2 is 1.56 bits per heavy atom. The van der Waals surface area contributed by atoms with Crippen LogP contribution >= 0.6 is 15.9 Å². The zero-order chi connectivity index (χ0) is 22.5. The molecule has 0 unspecified atom stereocenters. The van der Waals surface area contributed by atoms with Crippen LogP contribution in [0.2, 0.25) is 0 Å². The van der Waals surface area contributed by atoms with Crippen LogP contribution in [0.3, 0.4) is 0 Å². The van der Waals surface area contributed by atoms with E-state index in [-0.39, 0.29) is 0 Å². The molecule has 1 aromatic heterocycles. The van der Waals surface area contributed by atoms with Gasteiger partial charge >= 0.3 is 0 Å². The maximum Gasteiger partial charge on any atom is 0.182 e. The van der Waals surface area contributed by atoms with Gasteiger partial charge in [-0.25, -0.2) is 4.98 Å². The molecule has 0 saturated carbocycles. The van der Waals surface area contributed by atoms with E-state index < -0.39 is 0 Å². The third-order valence-corrected chi connectivity index (χ3v) is 5.50. The SMILES string of the molecule is COc1cc(OC)cc(-c2ncoc2-c2cc(Br)c(OCc3ccccc3)c(OC)c2)c1. The van der Waals surface area contributed by atoms with Crippen molar-refractivity contribution >= 4 is 15.9 Å². The molecule has 0 fully saturated rings. The Bertz CT molecular complexity index is 1180. The number of hydrogen-bond acceptors (Lipinski definition) is 6. The van der Waals surface area contributed by atoms with Gasteiger partial charge in [0.05, 0.1) is 25.8 Å². The molecule has 0 saturated heterocycles. The molecule has 0 amide bonds. The molecule has 0 spiro atoms. The van der Waals surface area contributed by atoms with Gasteiger partial charge in [0, 0.05) is 17.2 Å². The van der Waals surface area contributed by atoms with Gasteiger partial charge in [-0.1, -0.05) is 30.3 Å². The molecule has 7 heteroatoms. The molecule has 0 aliphatic carbocycles. The van der Waals surface area contributed by atoms with Crippen molar-refractivity contribution in [2.45, 2.75) is 6.61 Å². The lowest BCUT2D eigenvalue weighted by molar-refractivity contribution is 0.282. The normalized spacial score (nSPS) is 10.6. The van der Waals surface area contributed by atoms with Gasteiger partial charge in [-0.2, -0.15) is 0 Å². The monoisotopic (exact) mass is 495 g/mol. The Morgan fingerprint density at radius 1 is 0.844 bits per heavy atom. The fourth-order valence-electron chi connectivity index (χ4n) is 3.32. The van der Waals surface area contributed by atoms with Crippen LogP contribution in [-0.4, -0.2) is 26.3 Å². The lowest BCUT2D eigenvalue weighted by Crippen LogP contribution is -1.99. The Labute approximate surface area is 194 Å². The minimum Gasteiger partial charge on any atom is -0.497 e. The van der Waals surface area contributed by atoms with E-state index in [1.54, 1.807) is 21.3 Å². The van der Waals surface area contributed by atoms with Crippen molar-refractivity contribution in [2.24, 2.45) is 0 Å². The summed E-state index contributed by atoms with van der Waals surface area (Å²) in [6, 6.07) is 19.3. The topological polar surface area (TPSA) is 63.0 Å². The quantitative estimate of drug-likeness (QED) is 0.282. The van der Waals surface area contributed by atoms with Crippen LogP contribution in [0.5, 0.6) is 23.0 Å². The molecular formula is C25H22BrNO5. The molecule has 4 aromatic rings. The molecule has 32 heavy (non-hydrogen) atoms. The Morgan fingerprint density at radius 3 is 2.22 bits per heavy atom. The van der Waals surface area contributed by atoms with Crippen molar-refractivity contribution in [1.29, 1.82) is 0 Å². The third kappa shape index (κ3) is 4.57. The van der Waals surface area contributed by atoms with Crippen LogP contribution in [0.15, 0.2) is 75.9 Å². The summed E-state index contributed by atoms with van der Waals surface area (Å²) in [7, 11) is 4.83. The number of methoxy groups -OCH3 is 3. The summed E-state index contributed by atoms with van der Waals surface area (Å²) in [4.78, 5) is 4.43. The van der Waals surface area contributed by atoms with Crippen molar-refractivity contribution < 1.29 is 23.4 Å². The first-order chi connectivity index (χ1) is 15.6. The third-order valence-electron chi connectivity index (χ3n) is 4.91. The van der Waals surface area contributed by atoms with Gasteiger partial charge in [0.25, 0.3) is 0 Å². The number of hydrogen-bond donors (Lipinski definition) is 0. The fraction of sp³-hybridized carbons (Fsp3) is 0.160. The maximum absolute atomic E-state index is 6.04. The van der Waals surface area contributed by atoms with Crippen molar-refractivity contribution in [3.63, 3.8) is 0 Å². The van der Waals surface area contributed by atoms with Crippen molar-refractivity contribution in [3.05, 3.63) is 77.1 Å². The number of benzene rings is 3. The highest BCUT2D eigenvalue weighted by Crippen LogP contribution is 2.43. The minimum atomic E-state index is 0.423. The first-order valence-corrected chi connectivity index (χ1v) is 10.6. The molecule has 164 valence electrons. The van der Waals surface area contributed by atoms with Crippen molar-refractivity contribution in [3.8, 4) is 45.6 Å². The number of oxazole rings is 1. The molecule has 3 aromatic carbocycles. The number of halogens is 1. The highest BCUT2D eigenvalue weighted by molar-refractivity contribution is 9.10. The van der Waals surface area contributed by atoms with Crippen LogP contribution in [0.1, 0.15) is 5.56 Å². The Balaban J connectivity index is 1.70. The Kier molecular flexibility index (Phi) is 6.66. The van der Waals surface area contributed by atoms with Gasteiger partial charge in [0.15, 0.2) is 23.7 Å². The van der Waals surface area contributed by atoms with Crippen LogP contribution in [-0.2, 0) is 6.61 Å². The summed E-state index contributed by atoms with van der Waals surface area (Å²) in [6.45, 7) is 0.423. The number of rotatable bonds is 8. The lowest BCUT2D eigenvalue weighted by Gasteiger charge is -2.14. The van der Waals surface area contributed by atoms with E-state index in [0.717, 1.165) is 21.2 Å². The largest absolute Gasteiger partial charge is 0.497 e. The minimum absolute atomic E-state index is 0.423. The summed E-state index contributed by atoms with van der Waals surface area (Å²) >= 11 is 3.62. The first-order valence-electron chi connectivity index (χ1n) is 9.84. The fourth-order valence-corrected chi connectivity index (χ4v) is 3.88. The Hall–Kier alpha value is -3.45. The van der Waals surface area contributed by atoms with Gasteiger partial charge in [0.1, 0.15) is 23.8 Å². The van der Waals surface area contributed by atoms with Gasteiger partial charge in [-0.15, -0.1) is 0 Å². The summed E-state index contributed by atoms with van der Waals surface area (Å²) in [5, 5.41) is 0. The summed E-state index contributed by atoms with van der Waals surface area (Å²) < 4.78 is 29.0. The number of aromatic nitrogens is 1. The van der Waals surface area contributed by atoms with Gasteiger partial charge in [0.2, 0.25) is 0 Å². The van der Waals surface area contributed by atoms with Crippen LogP contribution in [0, 0.1) is 0 Å². The molecule has 0 radical (unpaired) electrons. The van der Waals surface area contributed by atoms with Gasteiger partial charge < -0.3 is 23.4 Å². The molecule has 4 rings (SSSR count). The van der Waals surface area contributed by atoms with Crippen LogP contribution < -0.4 is 18.9 Å².